The topological polar surface area (TPSA) is 165 Å². The van der Waals surface area contributed by atoms with E-state index < -0.39 is 21.9 Å². The Balaban J connectivity index is 1.48. The van der Waals surface area contributed by atoms with Gasteiger partial charge in [-0.25, -0.2) is 22.8 Å². The lowest BCUT2D eigenvalue weighted by atomic mass is 9.93. The van der Waals surface area contributed by atoms with Crippen molar-refractivity contribution in [3.63, 3.8) is 0 Å². The first-order valence-corrected chi connectivity index (χ1v) is 16.8. The van der Waals surface area contributed by atoms with Crippen LogP contribution in [0.15, 0.2) is 65.0 Å². The summed E-state index contributed by atoms with van der Waals surface area (Å²) in [5.41, 5.74) is 7.84. The fourth-order valence-corrected chi connectivity index (χ4v) is 7.02. The maximum Gasteiger partial charge on any atom is 0.265 e. The quantitative estimate of drug-likeness (QED) is 0.141. The molecule has 5 N–H and O–H groups in total. The van der Waals surface area contributed by atoms with Crippen molar-refractivity contribution in [1.82, 2.24) is 14.4 Å². The van der Waals surface area contributed by atoms with E-state index in [0.29, 0.717) is 27.1 Å². The summed E-state index contributed by atoms with van der Waals surface area (Å²) < 4.78 is 47.5. The number of aromatic nitrogens is 3. The number of benzene rings is 2. The second-order valence-corrected chi connectivity index (χ2v) is 13.7. The minimum Gasteiger partial charge on any atom is -0.495 e. The summed E-state index contributed by atoms with van der Waals surface area (Å²) in [6, 6.07) is 11.8. The van der Waals surface area contributed by atoms with E-state index in [1.165, 1.54) is 53.4 Å². The molecule has 6 rings (SSSR count). The summed E-state index contributed by atoms with van der Waals surface area (Å²) in [5, 5.41) is 14.5. The van der Waals surface area contributed by atoms with Gasteiger partial charge in [0.25, 0.3) is 5.56 Å². The van der Waals surface area contributed by atoms with Gasteiger partial charge in [-0.3, -0.25) is 19.3 Å². The first-order valence-electron chi connectivity index (χ1n) is 13.7. The van der Waals surface area contributed by atoms with E-state index in [9.17, 15) is 17.6 Å². The van der Waals surface area contributed by atoms with Gasteiger partial charge in [-0.15, -0.1) is 11.3 Å². The molecule has 1 aliphatic carbocycles. The molecule has 232 valence electrons. The zero-order valence-electron chi connectivity index (χ0n) is 24.0. The molecular weight excluding hydrogens is 641 g/mol. The van der Waals surface area contributed by atoms with Crippen molar-refractivity contribution < 1.29 is 17.5 Å². The molecule has 1 atom stereocenters. The summed E-state index contributed by atoms with van der Waals surface area (Å²) >= 11 is 7.70. The Morgan fingerprint density at radius 2 is 2.00 bits per heavy atom. The SMILES string of the molecule is COc1ccc(C(=N)c2c(N)ncnc2N[C@H](c2cc3scc(Cl)n3c(=O)c2-c2cccc(F)c2)C2CC2)cc1NS(C)(=O)=O. The lowest BCUT2D eigenvalue weighted by Crippen LogP contribution is -2.24. The van der Waals surface area contributed by atoms with Crippen LogP contribution in [0.25, 0.3) is 16.0 Å². The second-order valence-electron chi connectivity index (χ2n) is 10.6. The smallest absolute Gasteiger partial charge is 0.265 e. The fourth-order valence-electron chi connectivity index (χ4n) is 5.30. The van der Waals surface area contributed by atoms with E-state index >= 15 is 0 Å². The number of rotatable bonds is 10. The maximum atomic E-state index is 14.4. The van der Waals surface area contributed by atoms with Crippen LogP contribution in [0.3, 0.4) is 0 Å². The average Bonchev–Trinajstić information content (AvgIpc) is 3.76. The molecule has 0 bridgehead atoms. The van der Waals surface area contributed by atoms with Crippen molar-refractivity contribution in [1.29, 1.82) is 5.41 Å². The fraction of sp³-hybridized carbons (Fsp3) is 0.200. The predicted molar refractivity (Wildman–Crippen MR) is 175 cm³/mol. The Morgan fingerprint density at radius 3 is 2.69 bits per heavy atom. The molecule has 11 nitrogen and oxygen atoms in total. The number of halogens is 2. The molecule has 1 aliphatic rings. The highest BCUT2D eigenvalue weighted by molar-refractivity contribution is 7.92. The molecule has 2 aromatic carbocycles. The van der Waals surface area contributed by atoms with Gasteiger partial charge in [0.05, 0.1) is 41.9 Å². The Hall–Kier alpha value is -4.53. The molecule has 0 amide bonds. The lowest BCUT2D eigenvalue weighted by Gasteiger charge is -2.24. The molecule has 3 heterocycles. The van der Waals surface area contributed by atoms with Gasteiger partial charge >= 0.3 is 0 Å². The van der Waals surface area contributed by atoms with Crippen molar-refractivity contribution in [3.8, 4) is 16.9 Å². The van der Waals surface area contributed by atoms with Crippen molar-refractivity contribution in [2.75, 3.05) is 29.1 Å². The number of pyridine rings is 1. The molecule has 0 aliphatic heterocycles. The number of nitrogens with two attached hydrogens (primary N) is 1. The molecule has 5 aromatic rings. The van der Waals surface area contributed by atoms with E-state index in [1.54, 1.807) is 23.6 Å². The molecular formula is C30H27ClFN7O4S2. The Bertz CT molecular complexity index is 2150. The first kappa shape index (κ1) is 30.5. The predicted octanol–water partition coefficient (Wildman–Crippen LogP) is 5.55. The highest BCUT2D eigenvalue weighted by atomic mass is 35.5. The van der Waals surface area contributed by atoms with E-state index in [0.717, 1.165) is 19.1 Å². The van der Waals surface area contributed by atoms with Crippen LogP contribution < -0.4 is 26.1 Å². The highest BCUT2D eigenvalue weighted by Gasteiger charge is 2.36. The zero-order chi connectivity index (χ0) is 32.0. The molecule has 3 aromatic heterocycles. The molecule has 0 radical (unpaired) electrons. The van der Waals surface area contributed by atoms with Gasteiger partial charge in [0.15, 0.2) is 0 Å². The van der Waals surface area contributed by atoms with Crippen LogP contribution in [-0.2, 0) is 10.0 Å². The van der Waals surface area contributed by atoms with Crippen molar-refractivity contribution >= 4 is 60.8 Å². The van der Waals surface area contributed by atoms with Gasteiger partial charge in [0, 0.05) is 10.9 Å². The van der Waals surface area contributed by atoms with Gasteiger partial charge in [-0.05, 0) is 66.3 Å². The number of hydrogen-bond acceptors (Lipinski definition) is 10. The number of nitrogens with one attached hydrogen (secondary N) is 3. The third-order valence-corrected chi connectivity index (χ3v) is 9.32. The third kappa shape index (κ3) is 6.08. The Kier molecular flexibility index (Phi) is 7.97. The molecule has 1 fully saturated rings. The van der Waals surface area contributed by atoms with E-state index in [1.807, 2.05) is 6.07 Å². The minimum atomic E-state index is -3.65. The monoisotopic (exact) mass is 667 g/mol. The van der Waals surface area contributed by atoms with Gasteiger partial charge in [-0.2, -0.15) is 0 Å². The van der Waals surface area contributed by atoms with Gasteiger partial charge in [-0.1, -0.05) is 23.7 Å². The van der Waals surface area contributed by atoms with Crippen molar-refractivity contribution in [3.05, 3.63) is 98.3 Å². The summed E-state index contributed by atoms with van der Waals surface area (Å²) in [7, 11) is -2.25. The third-order valence-electron chi connectivity index (χ3n) is 7.44. The van der Waals surface area contributed by atoms with Gasteiger partial charge in [0.1, 0.15) is 39.5 Å². The van der Waals surface area contributed by atoms with Crippen LogP contribution in [0.4, 0.5) is 21.7 Å². The maximum absolute atomic E-state index is 14.4. The molecule has 45 heavy (non-hydrogen) atoms. The summed E-state index contributed by atoms with van der Waals surface area (Å²) in [5.74, 6) is 0.138. The summed E-state index contributed by atoms with van der Waals surface area (Å²) in [4.78, 5) is 23.1. The van der Waals surface area contributed by atoms with Gasteiger partial charge in [0.2, 0.25) is 10.0 Å². The van der Waals surface area contributed by atoms with Crippen molar-refractivity contribution in [2.45, 2.75) is 18.9 Å². The molecule has 0 saturated heterocycles. The van der Waals surface area contributed by atoms with Crippen molar-refractivity contribution in [2.24, 2.45) is 5.92 Å². The number of ether oxygens (including phenoxy) is 1. The second kappa shape index (κ2) is 11.8. The van der Waals surface area contributed by atoms with Gasteiger partial charge < -0.3 is 15.8 Å². The van der Waals surface area contributed by atoms with E-state index in [2.05, 4.69) is 20.0 Å². The van der Waals surface area contributed by atoms with E-state index in [4.69, 9.17) is 27.5 Å². The number of hydrogen-bond donors (Lipinski definition) is 4. The number of sulfonamides is 1. The first-order chi connectivity index (χ1) is 21.4. The number of anilines is 3. The number of thiazole rings is 1. The molecule has 1 saturated carbocycles. The van der Waals surface area contributed by atoms with Crippen LogP contribution in [0.2, 0.25) is 5.15 Å². The van der Waals surface area contributed by atoms with E-state index in [-0.39, 0.29) is 51.0 Å². The molecule has 0 spiro atoms. The number of fused-ring (bicyclic) bond motifs is 1. The van der Waals surface area contributed by atoms with Crippen LogP contribution >= 0.6 is 22.9 Å². The van der Waals surface area contributed by atoms with Crippen LogP contribution in [0.1, 0.15) is 35.6 Å². The minimum absolute atomic E-state index is 0.0198. The standard InChI is InChI=1S/C30H27ClFN7O4S2/c1-43-21-9-8-17(11-20(21)38-45(2,41)42)26(33)25-28(34)35-14-36-29(25)37-27(15-6-7-15)19-12-23-39(22(31)13-44-23)30(40)24(19)16-4-3-5-18(32)10-16/h3-5,8-15,27,33,38H,6-7H2,1-2H3,(H3,34,35,36,37)/t27-/m0/s1. The van der Waals surface area contributed by atoms with Crippen LogP contribution in [0, 0.1) is 17.1 Å². The highest BCUT2D eigenvalue weighted by Crippen LogP contribution is 2.46. The Labute approximate surface area is 266 Å². The van der Waals surface area contributed by atoms with Crippen LogP contribution in [0.5, 0.6) is 5.75 Å². The largest absolute Gasteiger partial charge is 0.495 e. The van der Waals surface area contributed by atoms with Crippen LogP contribution in [-0.4, -0.2) is 41.9 Å². The summed E-state index contributed by atoms with van der Waals surface area (Å²) in [6.07, 6.45) is 4.00. The molecule has 15 heteroatoms. The lowest BCUT2D eigenvalue weighted by molar-refractivity contribution is 0.417. The zero-order valence-corrected chi connectivity index (χ0v) is 26.4. The number of nitrogen functional groups attached to an aromatic ring is 1. The average molecular weight is 668 g/mol. The summed E-state index contributed by atoms with van der Waals surface area (Å²) in [6.45, 7) is 0. The molecule has 0 unspecified atom stereocenters. The normalized spacial score (nSPS) is 13.9. The number of methoxy groups -OCH3 is 1. The number of nitrogens with zero attached hydrogens (tertiary/aromatic N) is 3. The Morgan fingerprint density at radius 1 is 1.22 bits per heavy atom.